The molecule has 0 spiro atoms. The van der Waals surface area contributed by atoms with Gasteiger partial charge in [-0.05, 0) is 31.7 Å². The van der Waals surface area contributed by atoms with Crippen molar-refractivity contribution in [2.75, 3.05) is 13.1 Å². The van der Waals surface area contributed by atoms with Gasteiger partial charge in [-0.25, -0.2) is 0 Å². The van der Waals surface area contributed by atoms with E-state index in [0.29, 0.717) is 18.9 Å². The first-order chi connectivity index (χ1) is 7.02. The maximum atomic E-state index is 10.2. The summed E-state index contributed by atoms with van der Waals surface area (Å²) in [6, 6.07) is 0. The van der Waals surface area contributed by atoms with Gasteiger partial charge in [0.15, 0.2) is 0 Å². The number of aliphatic carboxylic acids is 1. The lowest BCUT2D eigenvalue weighted by atomic mass is 10.1. The van der Waals surface area contributed by atoms with Crippen LogP contribution in [0.4, 0.5) is 0 Å². The lowest BCUT2D eigenvalue weighted by Crippen LogP contribution is -2.28. The van der Waals surface area contributed by atoms with E-state index in [1.54, 1.807) is 0 Å². The third-order valence-corrected chi connectivity index (χ3v) is 2.12. The summed E-state index contributed by atoms with van der Waals surface area (Å²) in [6.45, 7) is 5.54. The Morgan fingerprint density at radius 2 is 2.00 bits per heavy atom. The van der Waals surface area contributed by atoms with Crippen molar-refractivity contribution < 1.29 is 15.0 Å². The van der Waals surface area contributed by atoms with Crippen molar-refractivity contribution in [2.24, 2.45) is 5.92 Å². The Bertz CT molecular complexity index is 171. The minimum atomic E-state index is -0.741. The molecule has 0 aromatic carbocycles. The minimum absolute atomic E-state index is 0.232. The minimum Gasteiger partial charge on any atom is -0.481 e. The molecule has 0 fully saturated rings. The van der Waals surface area contributed by atoms with E-state index in [-0.39, 0.29) is 12.5 Å². The van der Waals surface area contributed by atoms with Gasteiger partial charge >= 0.3 is 5.97 Å². The highest BCUT2D eigenvalue weighted by molar-refractivity contribution is 5.66. The molecule has 0 aliphatic carbocycles. The summed E-state index contributed by atoms with van der Waals surface area (Å²) >= 11 is 0. The smallest absolute Gasteiger partial charge is 0.303 e. The maximum Gasteiger partial charge on any atom is 0.303 e. The van der Waals surface area contributed by atoms with Gasteiger partial charge in [-0.3, -0.25) is 4.79 Å². The molecule has 0 aliphatic rings. The molecule has 0 rings (SSSR count). The Hall–Kier alpha value is -0.610. The van der Waals surface area contributed by atoms with Crippen LogP contribution < -0.4 is 5.32 Å². The zero-order valence-corrected chi connectivity index (χ0v) is 9.70. The average Bonchev–Trinajstić information content (AvgIpc) is 2.09. The Kier molecular flexibility index (Phi) is 8.33. The fraction of sp³-hybridized carbons (Fsp3) is 0.909. The lowest BCUT2D eigenvalue weighted by molar-refractivity contribution is -0.137. The molecule has 4 nitrogen and oxygen atoms in total. The average molecular weight is 217 g/mol. The second kappa shape index (κ2) is 8.68. The molecule has 3 N–H and O–H groups in total. The highest BCUT2D eigenvalue weighted by Crippen LogP contribution is 2.03. The topological polar surface area (TPSA) is 69.6 Å². The second-order valence-corrected chi connectivity index (χ2v) is 4.34. The van der Waals surface area contributed by atoms with Crippen LogP contribution in [-0.4, -0.2) is 35.4 Å². The molecule has 0 saturated heterocycles. The van der Waals surface area contributed by atoms with Crippen LogP contribution in [0.5, 0.6) is 0 Å². The van der Waals surface area contributed by atoms with E-state index < -0.39 is 5.97 Å². The van der Waals surface area contributed by atoms with E-state index in [0.717, 1.165) is 19.4 Å². The third kappa shape index (κ3) is 11.3. The molecule has 0 saturated carbocycles. The first-order valence-corrected chi connectivity index (χ1v) is 5.63. The van der Waals surface area contributed by atoms with Crippen LogP contribution in [0.1, 0.15) is 39.5 Å². The van der Waals surface area contributed by atoms with Crippen LogP contribution in [-0.2, 0) is 4.79 Å². The molecule has 4 heteroatoms. The van der Waals surface area contributed by atoms with Crippen molar-refractivity contribution in [1.82, 2.24) is 5.32 Å². The number of unbranched alkanes of at least 4 members (excludes halogenated alkanes) is 1. The van der Waals surface area contributed by atoms with E-state index in [1.165, 1.54) is 0 Å². The molecule has 0 radical (unpaired) electrons. The van der Waals surface area contributed by atoms with Crippen LogP contribution in [0.25, 0.3) is 0 Å². The summed E-state index contributed by atoms with van der Waals surface area (Å²) in [5.41, 5.74) is 0. The van der Waals surface area contributed by atoms with Crippen molar-refractivity contribution in [1.29, 1.82) is 0 Å². The van der Waals surface area contributed by atoms with Gasteiger partial charge in [0.25, 0.3) is 0 Å². The van der Waals surface area contributed by atoms with Crippen molar-refractivity contribution in [3.63, 3.8) is 0 Å². The van der Waals surface area contributed by atoms with Gasteiger partial charge < -0.3 is 15.5 Å². The number of hydrogen-bond donors (Lipinski definition) is 3. The van der Waals surface area contributed by atoms with Gasteiger partial charge in [-0.1, -0.05) is 13.8 Å². The normalized spacial score (nSPS) is 13.1. The van der Waals surface area contributed by atoms with E-state index >= 15 is 0 Å². The zero-order chi connectivity index (χ0) is 11.7. The fourth-order valence-electron chi connectivity index (χ4n) is 1.42. The maximum absolute atomic E-state index is 10.2. The van der Waals surface area contributed by atoms with Gasteiger partial charge in [-0.15, -0.1) is 0 Å². The highest BCUT2D eigenvalue weighted by atomic mass is 16.4. The summed E-state index contributed by atoms with van der Waals surface area (Å²) in [5.74, 6) is -0.233. The Morgan fingerprint density at radius 3 is 2.53 bits per heavy atom. The molecular formula is C11H23NO3. The number of carbonyl (C=O) groups is 1. The Morgan fingerprint density at radius 1 is 1.33 bits per heavy atom. The number of carboxylic acids is 1. The van der Waals surface area contributed by atoms with Gasteiger partial charge in [0.1, 0.15) is 0 Å². The summed E-state index contributed by atoms with van der Waals surface area (Å²) in [7, 11) is 0. The first-order valence-electron chi connectivity index (χ1n) is 5.63. The number of aliphatic hydroxyl groups excluding tert-OH is 1. The monoisotopic (exact) mass is 217 g/mol. The summed E-state index contributed by atoms with van der Waals surface area (Å²) in [6.07, 6.45) is 2.30. The van der Waals surface area contributed by atoms with Crippen LogP contribution in [0.3, 0.4) is 0 Å². The second-order valence-electron chi connectivity index (χ2n) is 4.34. The molecule has 0 aromatic heterocycles. The predicted molar refractivity (Wildman–Crippen MR) is 59.8 cm³/mol. The summed E-state index contributed by atoms with van der Waals surface area (Å²) in [5, 5.41) is 21.0. The molecule has 0 bridgehead atoms. The number of aliphatic hydroxyl groups is 1. The van der Waals surface area contributed by atoms with Crippen LogP contribution in [0.15, 0.2) is 0 Å². The fourth-order valence-corrected chi connectivity index (χ4v) is 1.42. The van der Waals surface area contributed by atoms with Crippen molar-refractivity contribution in [3.8, 4) is 0 Å². The van der Waals surface area contributed by atoms with E-state index in [2.05, 4.69) is 19.2 Å². The lowest BCUT2D eigenvalue weighted by Gasteiger charge is -2.13. The van der Waals surface area contributed by atoms with E-state index in [4.69, 9.17) is 5.11 Å². The highest BCUT2D eigenvalue weighted by Gasteiger charge is 2.05. The van der Waals surface area contributed by atoms with Gasteiger partial charge in [0, 0.05) is 13.0 Å². The standard InChI is InChI=1S/C11H23NO3/c1-9(2)7-10(13)8-12-6-4-3-5-11(14)15/h9-10,12-13H,3-8H2,1-2H3,(H,14,15). The summed E-state index contributed by atoms with van der Waals surface area (Å²) < 4.78 is 0. The van der Waals surface area contributed by atoms with Crippen molar-refractivity contribution in [2.45, 2.75) is 45.6 Å². The number of rotatable bonds is 9. The molecule has 90 valence electrons. The van der Waals surface area contributed by atoms with E-state index in [9.17, 15) is 9.90 Å². The van der Waals surface area contributed by atoms with E-state index in [1.807, 2.05) is 0 Å². The molecule has 1 unspecified atom stereocenters. The first kappa shape index (κ1) is 14.4. The molecule has 15 heavy (non-hydrogen) atoms. The molecule has 0 amide bonds. The van der Waals surface area contributed by atoms with Gasteiger partial charge in [0.05, 0.1) is 6.10 Å². The number of hydrogen-bond acceptors (Lipinski definition) is 3. The molecule has 0 heterocycles. The summed E-state index contributed by atoms with van der Waals surface area (Å²) in [4.78, 5) is 10.2. The van der Waals surface area contributed by atoms with Crippen LogP contribution in [0.2, 0.25) is 0 Å². The molecule has 0 aliphatic heterocycles. The quantitative estimate of drug-likeness (QED) is 0.508. The molecular weight excluding hydrogens is 194 g/mol. The molecule has 0 aromatic rings. The number of carboxylic acid groups (broad SMARTS) is 1. The van der Waals surface area contributed by atoms with Gasteiger partial charge in [-0.2, -0.15) is 0 Å². The predicted octanol–water partition coefficient (Wildman–Crippen LogP) is 1.24. The SMILES string of the molecule is CC(C)CC(O)CNCCCCC(=O)O. The third-order valence-electron chi connectivity index (χ3n) is 2.12. The largest absolute Gasteiger partial charge is 0.481 e. The zero-order valence-electron chi connectivity index (χ0n) is 9.70. The van der Waals surface area contributed by atoms with Crippen LogP contribution in [0, 0.1) is 5.92 Å². The number of nitrogens with one attached hydrogen (secondary N) is 1. The van der Waals surface area contributed by atoms with Crippen molar-refractivity contribution in [3.05, 3.63) is 0 Å². The van der Waals surface area contributed by atoms with Crippen molar-refractivity contribution >= 4 is 5.97 Å². The van der Waals surface area contributed by atoms with Crippen LogP contribution >= 0.6 is 0 Å². The molecule has 1 atom stereocenters. The Labute approximate surface area is 91.7 Å². The van der Waals surface area contributed by atoms with Gasteiger partial charge in [0.2, 0.25) is 0 Å². The Balaban J connectivity index is 3.20.